The maximum absolute atomic E-state index is 11.9. The van der Waals surface area contributed by atoms with E-state index in [9.17, 15) is 9.59 Å². The van der Waals surface area contributed by atoms with Crippen LogP contribution in [0.3, 0.4) is 0 Å². The van der Waals surface area contributed by atoms with E-state index in [0.29, 0.717) is 18.8 Å². The van der Waals surface area contributed by atoms with Crippen molar-refractivity contribution in [2.24, 2.45) is 5.92 Å². The summed E-state index contributed by atoms with van der Waals surface area (Å²) in [5, 5.41) is 5.61. The molecule has 4 rings (SSSR count). The zero-order valence-corrected chi connectivity index (χ0v) is 17.8. The highest BCUT2D eigenvalue weighted by Crippen LogP contribution is 2.27. The second kappa shape index (κ2) is 9.85. The summed E-state index contributed by atoms with van der Waals surface area (Å²) >= 11 is 0. The minimum absolute atomic E-state index is 0. The molecule has 1 atom stereocenters. The van der Waals surface area contributed by atoms with E-state index in [-0.39, 0.29) is 30.3 Å². The number of nitrogens with zero attached hydrogens (tertiary/aromatic N) is 1. The molecule has 0 bridgehead atoms. The van der Waals surface area contributed by atoms with Gasteiger partial charge < -0.3 is 16.0 Å². The Morgan fingerprint density at radius 1 is 0.967 bits per heavy atom. The normalized spacial score (nSPS) is 19.7. The second-order valence-electron chi connectivity index (χ2n) is 8.07. The molecule has 2 aliphatic heterocycles. The molecular formula is C23H29ClN4O2. The minimum atomic E-state index is -0.345. The fourth-order valence-electron chi connectivity index (χ4n) is 4.18. The average Bonchev–Trinajstić information content (AvgIpc) is 2.73. The van der Waals surface area contributed by atoms with E-state index in [2.05, 4.69) is 39.8 Å². The van der Waals surface area contributed by atoms with Crippen LogP contribution < -0.4 is 21.3 Å². The van der Waals surface area contributed by atoms with Crippen molar-refractivity contribution in [2.45, 2.75) is 38.1 Å². The number of hydrogen-bond acceptors (Lipinski definition) is 5. The largest absolute Gasteiger partial charge is 0.399 e. The van der Waals surface area contributed by atoms with Crippen molar-refractivity contribution >= 4 is 41.3 Å². The zero-order valence-electron chi connectivity index (χ0n) is 17.0. The Balaban J connectivity index is 0.00000256. The fourth-order valence-corrected chi connectivity index (χ4v) is 4.18. The van der Waals surface area contributed by atoms with Crippen molar-refractivity contribution in [1.82, 2.24) is 5.32 Å². The van der Waals surface area contributed by atoms with E-state index in [1.807, 2.05) is 24.3 Å². The number of piperidine rings is 2. The molecule has 0 aromatic heterocycles. The molecule has 2 saturated heterocycles. The average molecular weight is 429 g/mol. The molecule has 2 aromatic carbocycles. The standard InChI is InChI=1S/C23H28N4O2.ClH/c24-18-3-1-16(2-4-18)15-17-11-13-27(14-12-17)20-7-5-19(6-8-20)25-21-9-10-22(28)26-23(21)29;/h1-8,17,21,25H,9-15,24H2,(H,26,28,29);1H. The number of nitrogens with two attached hydrogens (primary N) is 1. The van der Waals surface area contributed by atoms with Gasteiger partial charge in [-0.15, -0.1) is 12.4 Å². The van der Waals surface area contributed by atoms with Gasteiger partial charge in [0.15, 0.2) is 0 Å². The first-order valence-corrected chi connectivity index (χ1v) is 10.4. The zero-order chi connectivity index (χ0) is 20.2. The number of benzene rings is 2. The van der Waals surface area contributed by atoms with Gasteiger partial charge in [0.25, 0.3) is 0 Å². The number of nitrogen functional groups attached to an aromatic ring is 1. The van der Waals surface area contributed by atoms with Gasteiger partial charge >= 0.3 is 0 Å². The maximum atomic E-state index is 11.9. The third-order valence-electron chi connectivity index (χ3n) is 5.93. The number of amides is 2. The molecule has 1 unspecified atom stereocenters. The van der Waals surface area contributed by atoms with Gasteiger partial charge in [-0.2, -0.15) is 0 Å². The smallest absolute Gasteiger partial charge is 0.249 e. The lowest BCUT2D eigenvalue weighted by atomic mass is 9.90. The summed E-state index contributed by atoms with van der Waals surface area (Å²) in [7, 11) is 0. The summed E-state index contributed by atoms with van der Waals surface area (Å²) in [5.41, 5.74) is 10.1. The highest BCUT2D eigenvalue weighted by atomic mass is 35.5. The summed E-state index contributed by atoms with van der Waals surface area (Å²) < 4.78 is 0. The monoisotopic (exact) mass is 428 g/mol. The number of carbonyl (C=O) groups excluding carboxylic acids is 2. The first kappa shape index (κ1) is 22.0. The van der Waals surface area contributed by atoms with Crippen molar-refractivity contribution in [2.75, 3.05) is 29.0 Å². The molecule has 0 spiro atoms. The third-order valence-corrected chi connectivity index (χ3v) is 5.93. The second-order valence-corrected chi connectivity index (χ2v) is 8.07. The molecule has 2 heterocycles. The molecule has 2 aromatic rings. The number of rotatable bonds is 5. The van der Waals surface area contributed by atoms with Crippen LogP contribution >= 0.6 is 12.4 Å². The summed E-state index contributed by atoms with van der Waals surface area (Å²) in [6.07, 6.45) is 4.39. The molecule has 0 saturated carbocycles. The Morgan fingerprint density at radius 2 is 1.63 bits per heavy atom. The summed E-state index contributed by atoms with van der Waals surface area (Å²) in [6.45, 7) is 2.11. The van der Waals surface area contributed by atoms with Gasteiger partial charge in [-0.05, 0) is 73.6 Å². The van der Waals surface area contributed by atoms with E-state index in [1.54, 1.807) is 0 Å². The number of carbonyl (C=O) groups is 2. The number of imide groups is 1. The Morgan fingerprint density at radius 3 is 2.27 bits per heavy atom. The molecule has 4 N–H and O–H groups in total. The summed E-state index contributed by atoms with van der Waals surface area (Å²) in [4.78, 5) is 25.6. The molecule has 2 aliphatic rings. The molecule has 6 nitrogen and oxygen atoms in total. The predicted molar refractivity (Wildman–Crippen MR) is 123 cm³/mol. The van der Waals surface area contributed by atoms with Crippen LogP contribution in [0.5, 0.6) is 0 Å². The van der Waals surface area contributed by atoms with Crippen LogP contribution in [0.2, 0.25) is 0 Å². The Bertz CT molecular complexity index is 862. The van der Waals surface area contributed by atoms with Gasteiger partial charge in [0.2, 0.25) is 11.8 Å². The molecule has 7 heteroatoms. The SMILES string of the molecule is Cl.Nc1ccc(CC2CCN(c3ccc(NC4CCC(=O)NC4=O)cc3)CC2)cc1. The lowest BCUT2D eigenvalue weighted by Gasteiger charge is -2.34. The lowest BCUT2D eigenvalue weighted by Crippen LogP contribution is -2.47. The minimum Gasteiger partial charge on any atom is -0.399 e. The molecule has 30 heavy (non-hydrogen) atoms. The van der Waals surface area contributed by atoms with Crippen molar-refractivity contribution in [1.29, 1.82) is 0 Å². The van der Waals surface area contributed by atoms with Gasteiger partial charge in [-0.25, -0.2) is 0 Å². The van der Waals surface area contributed by atoms with Gasteiger partial charge in [0.05, 0.1) is 0 Å². The van der Waals surface area contributed by atoms with E-state index in [0.717, 1.165) is 30.9 Å². The highest BCUT2D eigenvalue weighted by molar-refractivity contribution is 6.01. The van der Waals surface area contributed by atoms with Crippen LogP contribution in [-0.4, -0.2) is 30.9 Å². The van der Waals surface area contributed by atoms with E-state index < -0.39 is 0 Å². The van der Waals surface area contributed by atoms with E-state index >= 15 is 0 Å². The van der Waals surface area contributed by atoms with Gasteiger partial charge in [0, 0.05) is 36.6 Å². The van der Waals surface area contributed by atoms with Crippen molar-refractivity contribution in [3.05, 3.63) is 54.1 Å². The number of hydrogen-bond donors (Lipinski definition) is 3. The Hall–Kier alpha value is -2.73. The van der Waals surface area contributed by atoms with Crippen LogP contribution in [0.15, 0.2) is 48.5 Å². The molecule has 0 aliphatic carbocycles. The Labute approximate surface area is 183 Å². The van der Waals surface area contributed by atoms with Crippen LogP contribution in [0, 0.1) is 5.92 Å². The summed E-state index contributed by atoms with van der Waals surface area (Å²) in [5.74, 6) is 0.278. The molecule has 0 radical (unpaired) electrons. The quantitative estimate of drug-likeness (QED) is 0.502. The topological polar surface area (TPSA) is 87.5 Å². The molecule has 160 valence electrons. The maximum Gasteiger partial charge on any atom is 0.249 e. The van der Waals surface area contributed by atoms with E-state index in [1.165, 1.54) is 24.1 Å². The van der Waals surface area contributed by atoms with Crippen LogP contribution in [-0.2, 0) is 16.0 Å². The Kier molecular flexibility index (Phi) is 7.21. The fraction of sp³-hybridized carbons (Fsp3) is 0.391. The van der Waals surface area contributed by atoms with Gasteiger partial charge in [-0.3, -0.25) is 14.9 Å². The number of halogens is 1. The number of anilines is 3. The number of nitrogens with one attached hydrogen (secondary N) is 2. The lowest BCUT2D eigenvalue weighted by molar-refractivity contribution is -0.133. The van der Waals surface area contributed by atoms with Crippen molar-refractivity contribution in [3.8, 4) is 0 Å². The van der Waals surface area contributed by atoms with Crippen molar-refractivity contribution in [3.63, 3.8) is 0 Å². The van der Waals surface area contributed by atoms with Crippen molar-refractivity contribution < 1.29 is 9.59 Å². The van der Waals surface area contributed by atoms with E-state index in [4.69, 9.17) is 5.73 Å². The van der Waals surface area contributed by atoms with Crippen LogP contribution in [0.4, 0.5) is 17.1 Å². The highest BCUT2D eigenvalue weighted by Gasteiger charge is 2.26. The molecular weight excluding hydrogens is 400 g/mol. The van der Waals surface area contributed by atoms with Gasteiger partial charge in [0.1, 0.15) is 6.04 Å². The molecule has 2 fully saturated rings. The van der Waals surface area contributed by atoms with Gasteiger partial charge in [-0.1, -0.05) is 12.1 Å². The predicted octanol–water partition coefficient (Wildman–Crippen LogP) is 3.37. The third kappa shape index (κ3) is 5.45. The summed E-state index contributed by atoms with van der Waals surface area (Å²) in [6, 6.07) is 16.1. The molecule has 2 amide bonds. The first-order chi connectivity index (χ1) is 14.1. The first-order valence-electron chi connectivity index (χ1n) is 10.4. The van der Waals surface area contributed by atoms with Crippen LogP contribution in [0.25, 0.3) is 0 Å². The van der Waals surface area contributed by atoms with Crippen LogP contribution in [0.1, 0.15) is 31.2 Å².